The second-order valence-corrected chi connectivity index (χ2v) is 8.86. The van der Waals surface area contributed by atoms with Crippen molar-refractivity contribution in [2.75, 3.05) is 29.9 Å². The molecule has 1 amide bonds. The number of nitrogens with one attached hydrogen (secondary N) is 1. The van der Waals surface area contributed by atoms with Crippen molar-refractivity contribution >= 4 is 29.1 Å². The van der Waals surface area contributed by atoms with Gasteiger partial charge < -0.3 is 24.3 Å². The minimum Gasteiger partial charge on any atom is -0.444 e. The number of fused-ring (bicyclic) bond motifs is 1. The molecule has 164 valence electrons. The summed E-state index contributed by atoms with van der Waals surface area (Å²) in [5.41, 5.74) is 1.27. The first-order chi connectivity index (χ1) is 14.7. The molecule has 1 atom stereocenters. The topological polar surface area (TPSA) is 87.9 Å². The van der Waals surface area contributed by atoms with Gasteiger partial charge >= 0.3 is 6.09 Å². The fourth-order valence-corrected chi connectivity index (χ4v) is 3.67. The third-order valence-corrected chi connectivity index (χ3v) is 5.07. The Balaban J connectivity index is 1.47. The molecule has 0 aromatic carbocycles. The number of hydrogen-bond donors (Lipinski definition) is 1. The Morgan fingerprint density at radius 3 is 2.74 bits per heavy atom. The van der Waals surface area contributed by atoms with E-state index in [9.17, 15) is 4.79 Å². The summed E-state index contributed by atoms with van der Waals surface area (Å²) in [5.74, 6) is 2.25. The van der Waals surface area contributed by atoms with E-state index >= 15 is 0 Å². The molecule has 9 heteroatoms. The van der Waals surface area contributed by atoms with Crippen LogP contribution in [0.3, 0.4) is 0 Å². The third-order valence-electron chi connectivity index (χ3n) is 5.07. The Bertz CT molecular complexity index is 1090. The lowest BCUT2D eigenvalue weighted by atomic mass is 10.2. The van der Waals surface area contributed by atoms with Crippen LogP contribution in [0, 0.1) is 6.92 Å². The number of aryl methyl sites for hydroxylation is 1. The predicted molar refractivity (Wildman–Crippen MR) is 120 cm³/mol. The minimum absolute atomic E-state index is 0.0122. The summed E-state index contributed by atoms with van der Waals surface area (Å²) in [6.45, 7) is 11.5. The predicted octanol–water partition coefficient (Wildman–Crippen LogP) is 3.62. The Labute approximate surface area is 182 Å². The summed E-state index contributed by atoms with van der Waals surface area (Å²) in [5, 5.41) is 3.35. The second-order valence-electron chi connectivity index (χ2n) is 8.86. The van der Waals surface area contributed by atoms with Gasteiger partial charge in [-0.3, -0.25) is 0 Å². The fourth-order valence-electron chi connectivity index (χ4n) is 3.67. The highest BCUT2D eigenvalue weighted by Gasteiger charge is 2.31. The molecule has 0 radical (unpaired) electrons. The summed E-state index contributed by atoms with van der Waals surface area (Å²) >= 11 is 0. The standard InChI is InChI=1S/C22H29N7O2/c1-15-14-28(10-11-29(15)21(30)31-22(3,4)5)20-13-18(24-16(2)25-20)26-17-6-8-27-9-7-23-19(27)12-17/h6-9,12-13,15H,10-11,14H2,1-5H3,(H,24,25,26). The lowest BCUT2D eigenvalue weighted by molar-refractivity contribution is 0.0158. The van der Waals surface area contributed by atoms with E-state index in [1.54, 1.807) is 11.1 Å². The number of aromatic nitrogens is 4. The molecule has 0 saturated carbocycles. The Morgan fingerprint density at radius 1 is 1.19 bits per heavy atom. The fraction of sp³-hybridized carbons (Fsp3) is 0.455. The second kappa shape index (κ2) is 8.05. The van der Waals surface area contributed by atoms with Gasteiger partial charge in [-0.25, -0.2) is 19.7 Å². The van der Waals surface area contributed by atoms with Crippen LogP contribution in [0.25, 0.3) is 5.65 Å². The summed E-state index contributed by atoms with van der Waals surface area (Å²) < 4.78 is 7.50. The minimum atomic E-state index is -0.502. The van der Waals surface area contributed by atoms with Crippen LogP contribution >= 0.6 is 0 Å². The van der Waals surface area contributed by atoms with Crippen LogP contribution in [0.2, 0.25) is 0 Å². The number of piperazine rings is 1. The molecule has 0 bridgehead atoms. The number of rotatable bonds is 3. The van der Waals surface area contributed by atoms with Crippen LogP contribution in [-0.2, 0) is 4.74 Å². The highest BCUT2D eigenvalue weighted by Crippen LogP contribution is 2.24. The van der Waals surface area contributed by atoms with Crippen molar-refractivity contribution in [3.05, 3.63) is 42.6 Å². The average Bonchev–Trinajstić information content (AvgIpc) is 3.14. The molecule has 0 aliphatic carbocycles. The molecule has 1 saturated heterocycles. The Kier molecular flexibility index (Phi) is 5.43. The van der Waals surface area contributed by atoms with Crippen molar-refractivity contribution in [2.45, 2.75) is 46.3 Å². The Morgan fingerprint density at radius 2 is 2.00 bits per heavy atom. The van der Waals surface area contributed by atoms with E-state index in [1.165, 1.54) is 0 Å². The van der Waals surface area contributed by atoms with Crippen LogP contribution in [0.5, 0.6) is 0 Å². The maximum absolute atomic E-state index is 12.5. The van der Waals surface area contributed by atoms with E-state index in [2.05, 4.69) is 25.2 Å². The molecule has 1 unspecified atom stereocenters. The van der Waals surface area contributed by atoms with Gasteiger partial charge in [0.1, 0.15) is 28.7 Å². The quantitative estimate of drug-likeness (QED) is 0.688. The number of carbonyl (C=O) groups excluding carboxylic acids is 1. The van der Waals surface area contributed by atoms with Crippen molar-refractivity contribution in [3.63, 3.8) is 0 Å². The molecule has 4 rings (SSSR count). The first-order valence-electron chi connectivity index (χ1n) is 10.5. The third kappa shape index (κ3) is 4.87. The van der Waals surface area contributed by atoms with E-state index in [4.69, 9.17) is 4.74 Å². The smallest absolute Gasteiger partial charge is 0.410 e. The lowest BCUT2D eigenvalue weighted by Crippen LogP contribution is -2.55. The first kappa shape index (κ1) is 20.9. The largest absolute Gasteiger partial charge is 0.444 e. The molecule has 3 aromatic rings. The van der Waals surface area contributed by atoms with Crippen molar-refractivity contribution in [3.8, 4) is 0 Å². The number of anilines is 3. The number of ether oxygens (including phenoxy) is 1. The molecular formula is C22H29N7O2. The highest BCUT2D eigenvalue weighted by molar-refractivity contribution is 5.69. The molecule has 4 heterocycles. The molecule has 3 aromatic heterocycles. The zero-order valence-electron chi connectivity index (χ0n) is 18.7. The normalized spacial score (nSPS) is 17.1. The molecule has 1 N–H and O–H groups in total. The van der Waals surface area contributed by atoms with Gasteiger partial charge in [0.25, 0.3) is 0 Å². The van der Waals surface area contributed by atoms with Gasteiger partial charge in [-0.05, 0) is 40.7 Å². The maximum Gasteiger partial charge on any atom is 0.410 e. The zero-order chi connectivity index (χ0) is 22.2. The van der Waals surface area contributed by atoms with Gasteiger partial charge in [0.15, 0.2) is 0 Å². The molecule has 1 aliphatic rings. The van der Waals surface area contributed by atoms with E-state index in [1.807, 2.05) is 69.6 Å². The van der Waals surface area contributed by atoms with Crippen LogP contribution < -0.4 is 10.2 Å². The zero-order valence-corrected chi connectivity index (χ0v) is 18.7. The summed E-state index contributed by atoms with van der Waals surface area (Å²) in [4.78, 5) is 29.9. The molecular weight excluding hydrogens is 394 g/mol. The first-order valence-corrected chi connectivity index (χ1v) is 10.5. The molecule has 1 fully saturated rings. The number of nitrogens with zero attached hydrogens (tertiary/aromatic N) is 6. The molecule has 1 aliphatic heterocycles. The number of amides is 1. The molecule has 9 nitrogen and oxygen atoms in total. The van der Waals surface area contributed by atoms with Crippen LogP contribution in [0.4, 0.5) is 22.1 Å². The SMILES string of the molecule is Cc1nc(Nc2ccn3ccnc3c2)cc(N2CCN(C(=O)OC(C)(C)C)C(C)C2)n1. The van der Waals surface area contributed by atoms with Crippen molar-refractivity contribution in [1.29, 1.82) is 0 Å². The number of imidazole rings is 1. The molecule has 31 heavy (non-hydrogen) atoms. The van der Waals surface area contributed by atoms with Gasteiger partial charge in [-0.15, -0.1) is 0 Å². The Hall–Kier alpha value is -3.36. The summed E-state index contributed by atoms with van der Waals surface area (Å²) in [6, 6.07) is 5.91. The number of hydrogen-bond acceptors (Lipinski definition) is 7. The summed E-state index contributed by atoms with van der Waals surface area (Å²) in [6.07, 6.45) is 5.36. The van der Waals surface area contributed by atoms with E-state index in [0.29, 0.717) is 25.5 Å². The van der Waals surface area contributed by atoms with Gasteiger partial charge in [-0.2, -0.15) is 0 Å². The monoisotopic (exact) mass is 423 g/mol. The number of pyridine rings is 1. The van der Waals surface area contributed by atoms with Gasteiger partial charge in [0, 0.05) is 62.1 Å². The van der Waals surface area contributed by atoms with Crippen molar-refractivity contribution < 1.29 is 9.53 Å². The van der Waals surface area contributed by atoms with E-state index in [-0.39, 0.29) is 12.1 Å². The highest BCUT2D eigenvalue weighted by atomic mass is 16.6. The average molecular weight is 424 g/mol. The summed E-state index contributed by atoms with van der Waals surface area (Å²) in [7, 11) is 0. The van der Waals surface area contributed by atoms with E-state index < -0.39 is 5.60 Å². The van der Waals surface area contributed by atoms with Crippen molar-refractivity contribution in [2.24, 2.45) is 0 Å². The van der Waals surface area contributed by atoms with Crippen molar-refractivity contribution in [1.82, 2.24) is 24.3 Å². The maximum atomic E-state index is 12.5. The lowest BCUT2D eigenvalue weighted by Gasteiger charge is -2.40. The van der Waals surface area contributed by atoms with Gasteiger partial charge in [0.05, 0.1) is 0 Å². The van der Waals surface area contributed by atoms with Crippen LogP contribution in [-0.4, -0.2) is 61.6 Å². The van der Waals surface area contributed by atoms with Crippen LogP contribution in [0.15, 0.2) is 36.8 Å². The van der Waals surface area contributed by atoms with Gasteiger partial charge in [-0.1, -0.05) is 0 Å². The van der Waals surface area contributed by atoms with E-state index in [0.717, 1.165) is 23.0 Å². The molecule has 0 spiro atoms. The van der Waals surface area contributed by atoms with Gasteiger partial charge in [0.2, 0.25) is 0 Å². The number of carbonyl (C=O) groups is 1. The van der Waals surface area contributed by atoms with Crippen LogP contribution in [0.1, 0.15) is 33.5 Å².